The molecule has 1 aromatic rings. The summed E-state index contributed by atoms with van der Waals surface area (Å²) < 4.78 is 0. The standard InChI is InChI=1S/C14H18ClNOS/c15-11-4-2-5-12(11)16-14(17)10-3-1-6-13-9(10)7-8-18-13/h7-8,10-12H,1-6H2,(H,16,17). The lowest BCUT2D eigenvalue weighted by molar-refractivity contribution is -0.123. The van der Waals surface area contributed by atoms with E-state index in [9.17, 15) is 4.79 Å². The summed E-state index contributed by atoms with van der Waals surface area (Å²) in [6.45, 7) is 0. The van der Waals surface area contributed by atoms with Gasteiger partial charge < -0.3 is 5.32 Å². The zero-order chi connectivity index (χ0) is 12.5. The Morgan fingerprint density at radius 3 is 3.00 bits per heavy atom. The molecule has 1 aromatic heterocycles. The second-order valence-electron chi connectivity index (χ2n) is 5.31. The molecule has 3 atom stereocenters. The van der Waals surface area contributed by atoms with Gasteiger partial charge in [0.05, 0.1) is 11.3 Å². The Morgan fingerprint density at radius 1 is 1.33 bits per heavy atom. The fourth-order valence-electron chi connectivity index (χ4n) is 3.12. The first-order valence-electron chi connectivity index (χ1n) is 6.76. The number of carbonyl (C=O) groups is 1. The van der Waals surface area contributed by atoms with E-state index in [1.807, 2.05) is 0 Å². The molecule has 1 fully saturated rings. The first kappa shape index (κ1) is 12.5. The van der Waals surface area contributed by atoms with Gasteiger partial charge in [-0.2, -0.15) is 0 Å². The van der Waals surface area contributed by atoms with Crippen LogP contribution in [0.5, 0.6) is 0 Å². The third-order valence-electron chi connectivity index (χ3n) is 4.13. The van der Waals surface area contributed by atoms with Gasteiger partial charge in [-0.15, -0.1) is 22.9 Å². The zero-order valence-corrected chi connectivity index (χ0v) is 11.9. The molecule has 0 aromatic carbocycles. The molecule has 18 heavy (non-hydrogen) atoms. The number of fused-ring (bicyclic) bond motifs is 1. The molecule has 1 amide bonds. The SMILES string of the molecule is O=C(NC1CCCC1Cl)C1CCCc2sccc21. The van der Waals surface area contributed by atoms with Crippen molar-refractivity contribution in [1.29, 1.82) is 0 Å². The minimum Gasteiger partial charge on any atom is -0.351 e. The van der Waals surface area contributed by atoms with Crippen molar-refractivity contribution in [3.05, 3.63) is 21.9 Å². The summed E-state index contributed by atoms with van der Waals surface area (Å²) in [4.78, 5) is 13.8. The molecule has 2 nitrogen and oxygen atoms in total. The third-order valence-corrected chi connectivity index (χ3v) is 5.65. The van der Waals surface area contributed by atoms with Crippen molar-refractivity contribution in [1.82, 2.24) is 5.32 Å². The van der Waals surface area contributed by atoms with Gasteiger partial charge in [0, 0.05) is 10.9 Å². The molecule has 2 aliphatic carbocycles. The predicted octanol–water partition coefficient (Wildman–Crippen LogP) is 3.44. The Kier molecular flexibility index (Phi) is 3.62. The van der Waals surface area contributed by atoms with Crippen LogP contribution in [0.2, 0.25) is 0 Å². The molecule has 98 valence electrons. The van der Waals surface area contributed by atoms with Crippen molar-refractivity contribution < 1.29 is 4.79 Å². The quantitative estimate of drug-likeness (QED) is 0.828. The van der Waals surface area contributed by atoms with Crippen LogP contribution >= 0.6 is 22.9 Å². The van der Waals surface area contributed by atoms with Crippen LogP contribution in [0.4, 0.5) is 0 Å². The fourth-order valence-corrected chi connectivity index (χ4v) is 4.45. The van der Waals surface area contributed by atoms with Crippen LogP contribution in [0.15, 0.2) is 11.4 Å². The first-order chi connectivity index (χ1) is 8.75. The van der Waals surface area contributed by atoms with Crippen molar-refractivity contribution >= 4 is 28.8 Å². The molecule has 0 bridgehead atoms. The van der Waals surface area contributed by atoms with Crippen LogP contribution in [0, 0.1) is 0 Å². The highest BCUT2D eigenvalue weighted by molar-refractivity contribution is 7.10. The Hall–Kier alpha value is -0.540. The van der Waals surface area contributed by atoms with E-state index in [0.717, 1.165) is 38.5 Å². The fraction of sp³-hybridized carbons (Fsp3) is 0.643. The number of hydrogen-bond donors (Lipinski definition) is 1. The normalized spacial score (nSPS) is 31.1. The summed E-state index contributed by atoms with van der Waals surface area (Å²) in [7, 11) is 0. The number of thiophene rings is 1. The second-order valence-corrected chi connectivity index (χ2v) is 6.87. The van der Waals surface area contributed by atoms with Gasteiger partial charge in [-0.1, -0.05) is 0 Å². The molecule has 2 aliphatic rings. The molecular weight excluding hydrogens is 266 g/mol. The van der Waals surface area contributed by atoms with Gasteiger partial charge in [-0.05, 0) is 55.5 Å². The highest BCUT2D eigenvalue weighted by atomic mass is 35.5. The number of amides is 1. The average Bonchev–Trinajstić information content (AvgIpc) is 2.98. The molecule has 0 saturated heterocycles. The molecule has 0 aliphatic heterocycles. The van der Waals surface area contributed by atoms with Crippen LogP contribution in [-0.2, 0) is 11.2 Å². The number of carbonyl (C=O) groups excluding carboxylic acids is 1. The minimum atomic E-state index is 0.0597. The van der Waals surface area contributed by atoms with Crippen LogP contribution in [0.1, 0.15) is 48.5 Å². The molecule has 3 rings (SSSR count). The van der Waals surface area contributed by atoms with E-state index < -0.39 is 0 Å². The van der Waals surface area contributed by atoms with E-state index in [2.05, 4.69) is 16.8 Å². The number of alkyl halides is 1. The number of nitrogens with one attached hydrogen (secondary N) is 1. The summed E-state index contributed by atoms with van der Waals surface area (Å²) in [6.07, 6.45) is 6.44. The molecule has 3 unspecified atom stereocenters. The van der Waals surface area contributed by atoms with Crippen LogP contribution in [0.3, 0.4) is 0 Å². The van der Waals surface area contributed by atoms with Crippen molar-refractivity contribution in [3.8, 4) is 0 Å². The number of rotatable bonds is 2. The van der Waals surface area contributed by atoms with E-state index in [-0.39, 0.29) is 23.2 Å². The van der Waals surface area contributed by atoms with Crippen molar-refractivity contribution in [2.45, 2.75) is 55.9 Å². The van der Waals surface area contributed by atoms with Gasteiger partial charge in [0.25, 0.3) is 0 Å². The third kappa shape index (κ3) is 2.30. The zero-order valence-electron chi connectivity index (χ0n) is 10.3. The summed E-state index contributed by atoms with van der Waals surface area (Å²) in [5.74, 6) is 0.247. The second kappa shape index (κ2) is 5.22. The lowest BCUT2D eigenvalue weighted by Gasteiger charge is -2.24. The van der Waals surface area contributed by atoms with Crippen LogP contribution < -0.4 is 5.32 Å². The van der Waals surface area contributed by atoms with Gasteiger partial charge >= 0.3 is 0 Å². The van der Waals surface area contributed by atoms with Crippen molar-refractivity contribution in [2.24, 2.45) is 0 Å². The Labute approximate surface area is 117 Å². The van der Waals surface area contributed by atoms with E-state index in [0.29, 0.717) is 0 Å². The van der Waals surface area contributed by atoms with Gasteiger partial charge in [0.1, 0.15) is 0 Å². The highest BCUT2D eigenvalue weighted by Gasteiger charge is 2.32. The molecular formula is C14H18ClNOS. The summed E-state index contributed by atoms with van der Waals surface area (Å²) >= 11 is 8.01. The topological polar surface area (TPSA) is 29.1 Å². The number of aryl methyl sites for hydroxylation is 1. The smallest absolute Gasteiger partial charge is 0.227 e. The number of hydrogen-bond acceptors (Lipinski definition) is 2. The Morgan fingerprint density at radius 2 is 2.22 bits per heavy atom. The van der Waals surface area contributed by atoms with Crippen molar-refractivity contribution in [3.63, 3.8) is 0 Å². The van der Waals surface area contributed by atoms with Crippen LogP contribution in [-0.4, -0.2) is 17.3 Å². The Balaban J connectivity index is 1.70. The Bertz CT molecular complexity index is 445. The van der Waals surface area contributed by atoms with E-state index in [1.165, 1.54) is 10.4 Å². The number of halogens is 1. The molecule has 1 saturated carbocycles. The lowest BCUT2D eigenvalue weighted by Crippen LogP contribution is -2.41. The summed E-state index contributed by atoms with van der Waals surface area (Å²) in [6, 6.07) is 2.30. The van der Waals surface area contributed by atoms with Gasteiger partial charge in [0.15, 0.2) is 0 Å². The highest BCUT2D eigenvalue weighted by Crippen LogP contribution is 2.35. The lowest BCUT2D eigenvalue weighted by atomic mass is 9.87. The van der Waals surface area contributed by atoms with Gasteiger partial charge in [0.2, 0.25) is 5.91 Å². The maximum absolute atomic E-state index is 12.4. The van der Waals surface area contributed by atoms with E-state index in [1.54, 1.807) is 11.3 Å². The molecule has 1 heterocycles. The predicted molar refractivity (Wildman–Crippen MR) is 75.4 cm³/mol. The largest absolute Gasteiger partial charge is 0.351 e. The van der Waals surface area contributed by atoms with Crippen LogP contribution in [0.25, 0.3) is 0 Å². The molecule has 1 N–H and O–H groups in total. The van der Waals surface area contributed by atoms with E-state index >= 15 is 0 Å². The maximum Gasteiger partial charge on any atom is 0.227 e. The summed E-state index contributed by atoms with van der Waals surface area (Å²) in [5.41, 5.74) is 1.26. The minimum absolute atomic E-state index is 0.0597. The molecule has 0 spiro atoms. The molecule has 4 heteroatoms. The summed E-state index contributed by atoms with van der Waals surface area (Å²) in [5, 5.41) is 5.39. The van der Waals surface area contributed by atoms with Gasteiger partial charge in [-0.3, -0.25) is 4.79 Å². The maximum atomic E-state index is 12.4. The van der Waals surface area contributed by atoms with E-state index in [4.69, 9.17) is 11.6 Å². The molecule has 0 radical (unpaired) electrons. The first-order valence-corrected chi connectivity index (χ1v) is 8.08. The van der Waals surface area contributed by atoms with Crippen molar-refractivity contribution in [2.75, 3.05) is 0 Å². The average molecular weight is 284 g/mol. The van der Waals surface area contributed by atoms with Gasteiger partial charge in [-0.25, -0.2) is 0 Å². The monoisotopic (exact) mass is 283 g/mol.